The first kappa shape index (κ1) is 102. The van der Waals surface area contributed by atoms with Crippen LogP contribution < -0.4 is 0 Å². The molecule has 3 N–H and O–H groups in total. The molecule has 0 spiro atoms. The van der Waals surface area contributed by atoms with Gasteiger partial charge in [-0.05, 0) is 43.4 Å². The molecule has 6 atom stereocenters. The van der Waals surface area contributed by atoms with Crippen LogP contribution >= 0.6 is 15.6 Å². The van der Waals surface area contributed by atoms with Gasteiger partial charge in [-0.25, -0.2) is 9.13 Å². The van der Waals surface area contributed by atoms with Crippen LogP contribution in [0.25, 0.3) is 0 Å². The van der Waals surface area contributed by atoms with Crippen molar-refractivity contribution in [3.63, 3.8) is 0 Å². The third kappa shape index (κ3) is 76.8. The van der Waals surface area contributed by atoms with Crippen LogP contribution in [-0.4, -0.2) is 96.7 Å². The summed E-state index contributed by atoms with van der Waals surface area (Å²) < 4.78 is 68.9. The molecule has 0 aliphatic heterocycles. The molecule has 0 aliphatic carbocycles. The Morgan fingerprint density at radius 3 is 0.731 bits per heavy atom. The molecule has 0 aromatic carbocycles. The van der Waals surface area contributed by atoms with Crippen molar-refractivity contribution in [2.75, 3.05) is 39.6 Å². The molecule has 0 aliphatic rings. The number of carbonyl (C=O) groups excluding carboxylic acids is 4. The van der Waals surface area contributed by atoms with Gasteiger partial charge < -0.3 is 33.8 Å². The molecule has 0 bridgehead atoms. The van der Waals surface area contributed by atoms with Gasteiger partial charge in [0, 0.05) is 25.7 Å². The van der Waals surface area contributed by atoms with Gasteiger partial charge in [0.15, 0.2) is 12.2 Å². The molecule has 0 fully saturated rings. The number of aliphatic hydroxyl groups excluding tert-OH is 1. The first-order valence-corrected chi connectivity index (χ1v) is 46.9. The van der Waals surface area contributed by atoms with Crippen LogP contribution in [0.4, 0.5) is 0 Å². The van der Waals surface area contributed by atoms with E-state index in [0.717, 1.165) is 108 Å². The van der Waals surface area contributed by atoms with E-state index in [0.29, 0.717) is 25.7 Å². The second-order valence-electron chi connectivity index (χ2n) is 31.8. The van der Waals surface area contributed by atoms with Crippen molar-refractivity contribution in [1.29, 1.82) is 0 Å². The Morgan fingerprint density at radius 2 is 0.490 bits per heavy atom. The number of carbonyl (C=O) groups is 4. The normalized spacial score (nSPS) is 14.2. The van der Waals surface area contributed by atoms with E-state index >= 15 is 0 Å². The van der Waals surface area contributed by atoms with Crippen LogP contribution in [0.1, 0.15) is 447 Å². The molecular weight excluding hydrogens is 1350 g/mol. The maximum Gasteiger partial charge on any atom is 0.472 e. The van der Waals surface area contributed by atoms with Crippen molar-refractivity contribution in [3.05, 3.63) is 0 Å². The minimum Gasteiger partial charge on any atom is -0.462 e. The summed E-state index contributed by atoms with van der Waals surface area (Å²) in [5.41, 5.74) is 0. The third-order valence-corrected chi connectivity index (χ3v) is 22.1. The fourth-order valence-corrected chi connectivity index (χ4v) is 14.7. The van der Waals surface area contributed by atoms with E-state index in [1.807, 2.05) is 0 Å². The lowest BCUT2D eigenvalue weighted by molar-refractivity contribution is -0.161. The molecule has 0 heterocycles. The molecule has 0 radical (unpaired) electrons. The first-order valence-electron chi connectivity index (χ1n) is 43.9. The van der Waals surface area contributed by atoms with Gasteiger partial charge in [0.2, 0.25) is 0 Å². The monoisotopic (exact) mass is 1520 g/mol. The van der Waals surface area contributed by atoms with Crippen LogP contribution in [-0.2, 0) is 65.4 Å². The predicted octanol–water partition coefficient (Wildman–Crippen LogP) is 25.7. The highest BCUT2D eigenvalue weighted by Gasteiger charge is 2.30. The molecule has 0 saturated heterocycles. The van der Waals surface area contributed by atoms with Gasteiger partial charge in [-0.3, -0.25) is 37.3 Å². The lowest BCUT2D eigenvalue weighted by atomic mass is 9.99. The minimum atomic E-state index is -4.97. The van der Waals surface area contributed by atoms with Crippen LogP contribution in [0.2, 0.25) is 0 Å². The third-order valence-electron chi connectivity index (χ3n) is 20.2. The zero-order valence-corrected chi connectivity index (χ0v) is 70.3. The summed E-state index contributed by atoms with van der Waals surface area (Å²) in [4.78, 5) is 73.2. The lowest BCUT2D eigenvalue weighted by Gasteiger charge is -2.21. The van der Waals surface area contributed by atoms with Crippen molar-refractivity contribution in [3.8, 4) is 0 Å². The maximum atomic E-state index is 13.1. The number of hydrogen-bond acceptors (Lipinski definition) is 15. The van der Waals surface area contributed by atoms with E-state index < -0.39 is 97.5 Å². The molecule has 618 valence electrons. The number of ether oxygens (including phenoxy) is 4. The number of aliphatic hydroxyl groups is 1. The quantitative estimate of drug-likeness (QED) is 0.0222. The average Bonchev–Trinajstić information content (AvgIpc) is 0.940. The molecule has 0 amide bonds. The number of hydrogen-bond donors (Lipinski definition) is 3. The molecule has 17 nitrogen and oxygen atoms in total. The zero-order chi connectivity index (χ0) is 76.5. The molecule has 3 unspecified atom stereocenters. The zero-order valence-electron chi connectivity index (χ0n) is 68.5. The number of esters is 4. The standard InChI is InChI=1S/C85H166O17P2/c1-8-10-11-12-13-14-28-38-45-52-59-66-82(87)95-72-80(101-85(90)69-62-55-48-41-34-27-20-18-23-30-36-43-50-57-64-77(5)6)74-99-103(91,92)97-70-79(86)71-98-104(93,94)100-75-81(102-84(89)68-61-54-47-40-33-26-17-15-16-22-29-35-42-49-56-63-76(3)4)73-96-83(88)67-60-53-46-39-32-25-21-19-24-31-37-44-51-58-65-78(7)9-2/h76-81,86H,8-75H2,1-7H3,(H,91,92)(H,93,94)/t78?,79-,80+,81+/m0/s1. The van der Waals surface area contributed by atoms with Gasteiger partial charge >= 0.3 is 39.5 Å². The average molecular weight is 1520 g/mol. The summed E-state index contributed by atoms with van der Waals surface area (Å²) >= 11 is 0. The summed E-state index contributed by atoms with van der Waals surface area (Å²) in [7, 11) is -9.93. The van der Waals surface area contributed by atoms with Crippen LogP contribution in [0, 0.1) is 17.8 Å². The highest BCUT2D eigenvalue weighted by atomic mass is 31.2. The van der Waals surface area contributed by atoms with Gasteiger partial charge in [0.1, 0.15) is 19.3 Å². The van der Waals surface area contributed by atoms with Crippen LogP contribution in [0.3, 0.4) is 0 Å². The van der Waals surface area contributed by atoms with Crippen molar-refractivity contribution in [1.82, 2.24) is 0 Å². The van der Waals surface area contributed by atoms with Crippen LogP contribution in [0.15, 0.2) is 0 Å². The van der Waals surface area contributed by atoms with Crippen molar-refractivity contribution in [2.24, 2.45) is 17.8 Å². The number of phosphoric acid groups is 2. The molecule has 19 heteroatoms. The number of rotatable bonds is 83. The van der Waals surface area contributed by atoms with Gasteiger partial charge in [0.05, 0.1) is 26.4 Å². The fraction of sp³-hybridized carbons (Fsp3) is 0.953. The van der Waals surface area contributed by atoms with E-state index in [2.05, 4.69) is 48.5 Å². The Hall–Kier alpha value is -1.94. The van der Waals surface area contributed by atoms with Gasteiger partial charge in [-0.2, -0.15) is 0 Å². The summed E-state index contributed by atoms with van der Waals surface area (Å²) in [5.74, 6) is 0.344. The Kier molecular flexibility index (Phi) is 73.7. The Balaban J connectivity index is 5.25. The fourth-order valence-electron chi connectivity index (χ4n) is 13.2. The molecule has 0 rings (SSSR count). The second-order valence-corrected chi connectivity index (χ2v) is 34.7. The highest BCUT2D eigenvalue weighted by Crippen LogP contribution is 2.45. The summed E-state index contributed by atoms with van der Waals surface area (Å²) in [6.07, 6.45) is 65.0. The highest BCUT2D eigenvalue weighted by molar-refractivity contribution is 7.47. The van der Waals surface area contributed by atoms with E-state index in [1.165, 1.54) is 257 Å². The topological polar surface area (TPSA) is 237 Å². The lowest BCUT2D eigenvalue weighted by Crippen LogP contribution is -2.30. The number of unbranched alkanes of at least 4 members (excludes halogenated alkanes) is 50. The first-order chi connectivity index (χ1) is 50.3. The molecule has 0 aromatic rings. The van der Waals surface area contributed by atoms with E-state index in [1.54, 1.807) is 0 Å². The molecule has 0 aromatic heterocycles. The Bertz CT molecular complexity index is 2010. The van der Waals surface area contributed by atoms with Crippen molar-refractivity contribution < 1.29 is 80.2 Å². The molecule has 0 saturated carbocycles. The summed E-state index contributed by atoms with van der Waals surface area (Å²) in [6, 6.07) is 0. The van der Waals surface area contributed by atoms with Crippen LogP contribution in [0.5, 0.6) is 0 Å². The minimum absolute atomic E-state index is 0.108. The van der Waals surface area contributed by atoms with Crippen molar-refractivity contribution >= 4 is 39.5 Å². The van der Waals surface area contributed by atoms with Gasteiger partial charge in [-0.1, -0.05) is 395 Å². The van der Waals surface area contributed by atoms with Crippen molar-refractivity contribution in [2.45, 2.75) is 465 Å². The molecule has 104 heavy (non-hydrogen) atoms. The summed E-state index contributed by atoms with van der Waals surface area (Å²) in [6.45, 7) is 12.1. The Labute approximate surface area is 638 Å². The predicted molar refractivity (Wildman–Crippen MR) is 428 cm³/mol. The smallest absolute Gasteiger partial charge is 0.462 e. The van der Waals surface area contributed by atoms with Gasteiger partial charge in [-0.15, -0.1) is 0 Å². The second kappa shape index (κ2) is 75.1. The van der Waals surface area contributed by atoms with E-state index in [4.69, 9.17) is 37.0 Å². The van der Waals surface area contributed by atoms with E-state index in [-0.39, 0.29) is 25.7 Å². The van der Waals surface area contributed by atoms with Gasteiger partial charge in [0.25, 0.3) is 0 Å². The summed E-state index contributed by atoms with van der Waals surface area (Å²) in [5, 5.41) is 10.7. The maximum absolute atomic E-state index is 13.1. The molecular formula is C85H166O17P2. The Morgan fingerprint density at radius 1 is 0.279 bits per heavy atom. The largest absolute Gasteiger partial charge is 0.472 e. The SMILES string of the molecule is CCCCCCCCCCCCCC(=O)OC[C@H](COP(=O)(O)OC[C@H](O)COP(=O)(O)OC[C@@H](COC(=O)CCCCCCCCCCCCCCCCC(C)CC)OC(=O)CCCCCCCCCCCCCCCCCC(C)C)OC(=O)CCCCCCCCCCCCCCCCC(C)C. The number of phosphoric ester groups is 2. The van der Waals surface area contributed by atoms with E-state index in [9.17, 15) is 43.2 Å².